The minimum atomic E-state index is 0.237. The monoisotopic (exact) mass is 234 g/mol. The van der Waals surface area contributed by atoms with Crippen molar-refractivity contribution in [1.82, 2.24) is 4.90 Å². The van der Waals surface area contributed by atoms with Crippen LogP contribution in [0.1, 0.15) is 18.4 Å². The van der Waals surface area contributed by atoms with Gasteiger partial charge in [0, 0.05) is 38.7 Å². The lowest BCUT2D eigenvalue weighted by Gasteiger charge is -2.19. The molecule has 2 unspecified atom stereocenters. The van der Waals surface area contributed by atoms with Gasteiger partial charge in [-0.25, -0.2) is 0 Å². The quantitative estimate of drug-likeness (QED) is 0.857. The Labute approximate surface area is 104 Å². The molecule has 1 aliphatic rings. The molecule has 0 aliphatic carbocycles. The predicted molar refractivity (Wildman–Crippen MR) is 70.1 cm³/mol. The summed E-state index contributed by atoms with van der Waals surface area (Å²) >= 11 is 0. The van der Waals surface area contributed by atoms with Gasteiger partial charge in [-0.1, -0.05) is 30.3 Å². The number of ether oxygens (including phenoxy) is 1. The number of likely N-dealkylation sites (tertiary alicyclic amines) is 1. The first-order valence-corrected chi connectivity index (χ1v) is 6.26. The van der Waals surface area contributed by atoms with Crippen LogP contribution in [0.15, 0.2) is 30.3 Å². The lowest BCUT2D eigenvalue weighted by molar-refractivity contribution is 0.0845. The molecule has 94 valence electrons. The number of hydrogen-bond donors (Lipinski definition) is 1. The normalized spacial score (nSPS) is 27.2. The Morgan fingerprint density at radius 3 is 2.71 bits per heavy atom. The summed E-state index contributed by atoms with van der Waals surface area (Å²) in [6, 6.07) is 10.8. The zero-order valence-electron chi connectivity index (χ0n) is 10.7. The van der Waals surface area contributed by atoms with Crippen molar-refractivity contribution in [3.63, 3.8) is 0 Å². The number of rotatable bonds is 4. The van der Waals surface area contributed by atoms with Crippen LogP contribution in [0.25, 0.3) is 0 Å². The summed E-state index contributed by atoms with van der Waals surface area (Å²) in [5.41, 5.74) is 7.59. The number of hydrogen-bond acceptors (Lipinski definition) is 3. The van der Waals surface area contributed by atoms with Gasteiger partial charge in [0.15, 0.2) is 0 Å². The van der Waals surface area contributed by atoms with Crippen molar-refractivity contribution < 1.29 is 4.74 Å². The van der Waals surface area contributed by atoms with E-state index in [2.05, 4.69) is 42.2 Å². The largest absolute Gasteiger partial charge is 0.380 e. The third-order valence-electron chi connectivity index (χ3n) is 3.59. The minimum Gasteiger partial charge on any atom is -0.380 e. The Hall–Kier alpha value is -0.900. The molecular formula is C14H22N2O. The molecule has 1 aliphatic heterocycles. The summed E-state index contributed by atoms with van der Waals surface area (Å²) in [5.74, 6) is 0.459. The maximum atomic E-state index is 6.24. The van der Waals surface area contributed by atoms with Crippen molar-refractivity contribution >= 4 is 0 Å². The highest BCUT2D eigenvalue weighted by Crippen LogP contribution is 2.26. The fourth-order valence-corrected chi connectivity index (χ4v) is 2.55. The molecule has 0 aromatic heterocycles. The molecule has 1 saturated heterocycles. The van der Waals surface area contributed by atoms with E-state index in [4.69, 9.17) is 10.5 Å². The van der Waals surface area contributed by atoms with Gasteiger partial charge in [0.25, 0.3) is 0 Å². The van der Waals surface area contributed by atoms with Gasteiger partial charge in [0.2, 0.25) is 0 Å². The number of benzene rings is 1. The average Bonchev–Trinajstić information content (AvgIpc) is 2.71. The second-order valence-corrected chi connectivity index (χ2v) is 4.95. The topological polar surface area (TPSA) is 38.5 Å². The van der Waals surface area contributed by atoms with Crippen molar-refractivity contribution in [2.45, 2.75) is 25.0 Å². The summed E-state index contributed by atoms with van der Waals surface area (Å²) in [6.07, 6.45) is 0.275. The highest BCUT2D eigenvalue weighted by molar-refractivity contribution is 5.23. The van der Waals surface area contributed by atoms with Gasteiger partial charge in [-0.05, 0) is 12.5 Å². The van der Waals surface area contributed by atoms with E-state index < -0.39 is 0 Å². The summed E-state index contributed by atoms with van der Waals surface area (Å²) < 4.78 is 5.31. The molecule has 2 rings (SSSR count). The molecule has 0 amide bonds. The maximum Gasteiger partial charge on any atom is 0.0670 e. The van der Waals surface area contributed by atoms with Gasteiger partial charge in [0.1, 0.15) is 0 Å². The molecule has 2 N–H and O–H groups in total. The Bertz CT molecular complexity index is 341. The van der Waals surface area contributed by atoms with Crippen LogP contribution < -0.4 is 5.73 Å². The van der Waals surface area contributed by atoms with E-state index in [-0.39, 0.29) is 12.1 Å². The maximum absolute atomic E-state index is 6.24. The second kappa shape index (κ2) is 5.63. The first-order valence-electron chi connectivity index (χ1n) is 6.26. The van der Waals surface area contributed by atoms with Crippen LogP contribution in [0.5, 0.6) is 0 Å². The molecule has 3 heteroatoms. The van der Waals surface area contributed by atoms with E-state index in [9.17, 15) is 0 Å². The predicted octanol–water partition coefficient (Wildman–Crippen LogP) is 1.45. The molecule has 0 bridgehead atoms. The van der Waals surface area contributed by atoms with E-state index in [0.29, 0.717) is 5.92 Å². The van der Waals surface area contributed by atoms with Gasteiger partial charge in [0.05, 0.1) is 6.10 Å². The smallest absolute Gasteiger partial charge is 0.0670 e. The number of nitrogens with zero attached hydrogens (tertiary/aromatic N) is 1. The number of methoxy groups -OCH3 is 1. The molecule has 3 nitrogen and oxygen atoms in total. The summed E-state index contributed by atoms with van der Waals surface area (Å²) in [5, 5.41) is 0. The van der Waals surface area contributed by atoms with Gasteiger partial charge in [-0.15, -0.1) is 0 Å². The fraction of sp³-hybridized carbons (Fsp3) is 0.571. The van der Waals surface area contributed by atoms with Crippen LogP contribution in [0.3, 0.4) is 0 Å². The summed E-state index contributed by atoms with van der Waals surface area (Å²) in [7, 11) is 1.76. The molecule has 0 spiro atoms. The van der Waals surface area contributed by atoms with Crippen LogP contribution in [0.4, 0.5) is 0 Å². The molecule has 1 aromatic rings. The van der Waals surface area contributed by atoms with Crippen molar-refractivity contribution in [3.05, 3.63) is 35.9 Å². The Morgan fingerprint density at radius 2 is 2.06 bits per heavy atom. The first-order chi connectivity index (χ1) is 8.20. The van der Waals surface area contributed by atoms with Gasteiger partial charge < -0.3 is 10.5 Å². The summed E-state index contributed by atoms with van der Waals surface area (Å²) in [4.78, 5) is 2.40. The highest BCUT2D eigenvalue weighted by atomic mass is 16.5. The minimum absolute atomic E-state index is 0.237. The number of nitrogens with two attached hydrogens (primary N) is 1. The lowest BCUT2D eigenvalue weighted by Crippen LogP contribution is -2.32. The third-order valence-corrected chi connectivity index (χ3v) is 3.59. The zero-order valence-corrected chi connectivity index (χ0v) is 10.7. The van der Waals surface area contributed by atoms with Gasteiger partial charge in [-0.3, -0.25) is 4.90 Å². The molecule has 1 heterocycles. The van der Waals surface area contributed by atoms with E-state index >= 15 is 0 Å². The Balaban J connectivity index is 1.98. The highest BCUT2D eigenvalue weighted by Gasteiger charge is 2.31. The standard InChI is InChI=1S/C14H22N2O/c1-11(17-2)8-16-9-13(14(15)10-16)12-6-4-3-5-7-12/h3-7,11,13-14H,8-10,15H2,1-2H3/t11-,13?,14?/m0/s1. The second-order valence-electron chi connectivity index (χ2n) is 4.95. The van der Waals surface area contributed by atoms with Crippen molar-refractivity contribution in [3.8, 4) is 0 Å². The molecular weight excluding hydrogens is 212 g/mol. The fourth-order valence-electron chi connectivity index (χ4n) is 2.55. The van der Waals surface area contributed by atoms with Gasteiger partial charge in [-0.2, -0.15) is 0 Å². The van der Waals surface area contributed by atoms with E-state index in [0.717, 1.165) is 19.6 Å². The third kappa shape index (κ3) is 3.06. The molecule has 17 heavy (non-hydrogen) atoms. The van der Waals surface area contributed by atoms with E-state index in [1.54, 1.807) is 7.11 Å². The lowest BCUT2D eigenvalue weighted by atomic mass is 9.95. The Kier molecular flexibility index (Phi) is 4.15. The van der Waals surface area contributed by atoms with Crippen LogP contribution in [-0.2, 0) is 4.74 Å². The zero-order chi connectivity index (χ0) is 12.3. The van der Waals surface area contributed by atoms with Crippen LogP contribution in [0.2, 0.25) is 0 Å². The van der Waals surface area contributed by atoms with Crippen LogP contribution in [-0.4, -0.2) is 43.8 Å². The van der Waals surface area contributed by atoms with Crippen molar-refractivity contribution in [1.29, 1.82) is 0 Å². The SMILES string of the molecule is CO[C@@H](C)CN1CC(N)C(c2ccccc2)C1. The molecule has 0 saturated carbocycles. The van der Waals surface area contributed by atoms with Gasteiger partial charge >= 0.3 is 0 Å². The average molecular weight is 234 g/mol. The molecule has 1 aromatic carbocycles. The molecule has 0 radical (unpaired) electrons. The van der Waals surface area contributed by atoms with Crippen LogP contribution in [0, 0.1) is 0 Å². The first kappa shape index (κ1) is 12.6. The van der Waals surface area contributed by atoms with Crippen LogP contribution >= 0.6 is 0 Å². The van der Waals surface area contributed by atoms with E-state index in [1.807, 2.05) is 0 Å². The Morgan fingerprint density at radius 1 is 1.35 bits per heavy atom. The van der Waals surface area contributed by atoms with Crippen molar-refractivity contribution in [2.24, 2.45) is 5.73 Å². The molecule has 3 atom stereocenters. The molecule has 1 fully saturated rings. The van der Waals surface area contributed by atoms with Crippen molar-refractivity contribution in [2.75, 3.05) is 26.7 Å². The summed E-state index contributed by atoms with van der Waals surface area (Å²) in [6.45, 7) is 5.07. The van der Waals surface area contributed by atoms with E-state index in [1.165, 1.54) is 5.56 Å².